The zero-order valence-corrected chi connectivity index (χ0v) is 13.1. The molecule has 0 N–H and O–H groups in total. The molecule has 0 saturated carbocycles. The van der Waals surface area contributed by atoms with Crippen molar-refractivity contribution < 1.29 is 14.3 Å². The van der Waals surface area contributed by atoms with Crippen molar-refractivity contribution in [1.82, 2.24) is 0 Å². The zero-order chi connectivity index (χ0) is 15.8. The Morgan fingerprint density at radius 2 is 1.36 bits per heavy atom. The predicted molar refractivity (Wildman–Crippen MR) is 86.1 cm³/mol. The van der Waals surface area contributed by atoms with Crippen molar-refractivity contribution >= 4 is 5.97 Å². The van der Waals surface area contributed by atoms with Crippen LogP contribution in [0.2, 0.25) is 0 Å². The number of carbonyl (C=O) groups excluding carboxylic acids is 1. The Bertz CT molecular complexity index is 576. The van der Waals surface area contributed by atoms with Gasteiger partial charge in [0.1, 0.15) is 6.61 Å². The molecule has 2 aromatic carbocycles. The van der Waals surface area contributed by atoms with Crippen molar-refractivity contribution in [2.75, 3.05) is 6.61 Å². The number of hydrogen-bond donors (Lipinski definition) is 0. The molecule has 0 aliphatic rings. The molecule has 22 heavy (non-hydrogen) atoms. The van der Waals surface area contributed by atoms with Crippen LogP contribution in [0.4, 0.5) is 0 Å². The van der Waals surface area contributed by atoms with Crippen LogP contribution in [0.25, 0.3) is 0 Å². The molecule has 2 rings (SSSR count). The number of carbonyl (C=O) groups is 1. The van der Waals surface area contributed by atoms with Crippen molar-refractivity contribution in [3.63, 3.8) is 0 Å². The first-order chi connectivity index (χ1) is 10.6. The summed E-state index contributed by atoms with van der Waals surface area (Å²) in [5.74, 6) is -0.246. The second kappa shape index (κ2) is 7.76. The minimum absolute atomic E-state index is 0.246. The van der Waals surface area contributed by atoms with Crippen LogP contribution < -0.4 is 0 Å². The lowest BCUT2D eigenvalue weighted by molar-refractivity contribution is -0.159. The van der Waals surface area contributed by atoms with Gasteiger partial charge < -0.3 is 9.47 Å². The molecule has 0 spiro atoms. The third kappa shape index (κ3) is 5.01. The molecule has 0 amide bonds. The first kappa shape index (κ1) is 16.2. The Morgan fingerprint density at radius 1 is 0.864 bits per heavy atom. The van der Waals surface area contributed by atoms with E-state index in [4.69, 9.17) is 9.47 Å². The van der Waals surface area contributed by atoms with Gasteiger partial charge in [-0.2, -0.15) is 0 Å². The molecule has 2 aromatic rings. The molecule has 3 heteroatoms. The minimum Gasteiger partial charge on any atom is -0.460 e. The van der Waals surface area contributed by atoms with Crippen molar-refractivity contribution in [2.45, 2.75) is 27.1 Å². The topological polar surface area (TPSA) is 35.5 Å². The molecule has 0 fully saturated rings. The molecule has 0 unspecified atom stereocenters. The Labute approximate surface area is 131 Å². The Kier molecular flexibility index (Phi) is 5.73. The van der Waals surface area contributed by atoms with Crippen molar-refractivity contribution in [3.8, 4) is 0 Å². The Balaban J connectivity index is 1.77. The van der Waals surface area contributed by atoms with E-state index in [0.717, 1.165) is 11.1 Å². The van der Waals surface area contributed by atoms with Gasteiger partial charge in [0.05, 0.1) is 18.6 Å². The summed E-state index contributed by atoms with van der Waals surface area (Å²) in [7, 11) is 0. The van der Waals surface area contributed by atoms with Gasteiger partial charge in [-0.1, -0.05) is 60.7 Å². The van der Waals surface area contributed by atoms with E-state index in [1.54, 1.807) is 0 Å². The van der Waals surface area contributed by atoms with Gasteiger partial charge in [0.2, 0.25) is 0 Å². The van der Waals surface area contributed by atoms with Crippen LogP contribution in [0.5, 0.6) is 0 Å². The number of esters is 1. The van der Waals surface area contributed by atoms with Crippen LogP contribution in [-0.4, -0.2) is 12.6 Å². The van der Waals surface area contributed by atoms with E-state index in [-0.39, 0.29) is 5.97 Å². The Hall–Kier alpha value is -2.13. The molecule has 0 aromatic heterocycles. The molecule has 0 atom stereocenters. The molecule has 116 valence electrons. The van der Waals surface area contributed by atoms with E-state index in [1.807, 2.05) is 74.5 Å². The summed E-state index contributed by atoms with van der Waals surface area (Å²) in [5.41, 5.74) is 1.41. The van der Waals surface area contributed by atoms with Gasteiger partial charge >= 0.3 is 5.97 Å². The molecule has 0 aliphatic heterocycles. The van der Waals surface area contributed by atoms with Crippen molar-refractivity contribution in [1.29, 1.82) is 0 Å². The van der Waals surface area contributed by atoms with Crippen LogP contribution in [-0.2, 0) is 27.5 Å². The summed E-state index contributed by atoms with van der Waals surface area (Å²) in [6, 6.07) is 19.6. The van der Waals surface area contributed by atoms with E-state index < -0.39 is 5.41 Å². The van der Waals surface area contributed by atoms with E-state index >= 15 is 0 Å². The summed E-state index contributed by atoms with van der Waals surface area (Å²) >= 11 is 0. The van der Waals surface area contributed by atoms with Gasteiger partial charge in [0.15, 0.2) is 0 Å². The minimum atomic E-state index is -0.663. The van der Waals surface area contributed by atoms with E-state index in [9.17, 15) is 4.79 Å². The highest BCUT2D eigenvalue weighted by molar-refractivity contribution is 5.76. The highest BCUT2D eigenvalue weighted by Gasteiger charge is 2.29. The van der Waals surface area contributed by atoms with Gasteiger partial charge in [-0.15, -0.1) is 0 Å². The maximum atomic E-state index is 12.2. The van der Waals surface area contributed by atoms with Gasteiger partial charge in [0, 0.05) is 0 Å². The van der Waals surface area contributed by atoms with E-state index in [1.165, 1.54) is 0 Å². The third-order valence-electron chi connectivity index (χ3n) is 3.34. The number of hydrogen-bond acceptors (Lipinski definition) is 3. The second-order valence-corrected chi connectivity index (χ2v) is 5.92. The van der Waals surface area contributed by atoms with E-state index in [0.29, 0.717) is 19.8 Å². The standard InChI is InChI=1S/C19H22O3/c1-19(2,15-21-13-16-9-5-3-6-10-16)18(20)22-14-17-11-7-4-8-12-17/h3-12H,13-15H2,1-2H3. The first-order valence-electron chi connectivity index (χ1n) is 7.41. The average Bonchev–Trinajstić information content (AvgIpc) is 2.54. The SMILES string of the molecule is CC(C)(COCc1ccccc1)C(=O)OCc1ccccc1. The van der Waals surface area contributed by atoms with Crippen LogP contribution in [0, 0.1) is 5.41 Å². The number of ether oxygens (including phenoxy) is 2. The zero-order valence-electron chi connectivity index (χ0n) is 13.1. The largest absolute Gasteiger partial charge is 0.460 e. The smallest absolute Gasteiger partial charge is 0.314 e. The monoisotopic (exact) mass is 298 g/mol. The fourth-order valence-corrected chi connectivity index (χ4v) is 1.98. The van der Waals surface area contributed by atoms with Gasteiger partial charge in [-0.25, -0.2) is 0 Å². The molecule has 0 bridgehead atoms. The summed E-state index contributed by atoms with van der Waals surface area (Å²) in [6.07, 6.45) is 0. The van der Waals surface area contributed by atoms with Crippen molar-refractivity contribution in [2.24, 2.45) is 5.41 Å². The molecule has 0 aliphatic carbocycles. The first-order valence-corrected chi connectivity index (χ1v) is 7.41. The quantitative estimate of drug-likeness (QED) is 0.725. The highest BCUT2D eigenvalue weighted by Crippen LogP contribution is 2.19. The van der Waals surface area contributed by atoms with Crippen LogP contribution in [0.1, 0.15) is 25.0 Å². The highest BCUT2D eigenvalue weighted by atomic mass is 16.5. The van der Waals surface area contributed by atoms with Gasteiger partial charge in [-0.05, 0) is 25.0 Å². The molecule has 3 nitrogen and oxygen atoms in total. The fraction of sp³-hybridized carbons (Fsp3) is 0.316. The summed E-state index contributed by atoms with van der Waals surface area (Å²) < 4.78 is 11.0. The molecule has 0 saturated heterocycles. The summed E-state index contributed by atoms with van der Waals surface area (Å²) in [6.45, 7) is 4.80. The number of rotatable bonds is 7. The molecule has 0 heterocycles. The summed E-state index contributed by atoms with van der Waals surface area (Å²) in [4.78, 5) is 12.2. The Morgan fingerprint density at radius 3 is 1.91 bits per heavy atom. The maximum absolute atomic E-state index is 12.2. The second-order valence-electron chi connectivity index (χ2n) is 5.92. The van der Waals surface area contributed by atoms with Crippen LogP contribution in [0.3, 0.4) is 0 Å². The van der Waals surface area contributed by atoms with Crippen LogP contribution in [0.15, 0.2) is 60.7 Å². The summed E-state index contributed by atoms with van der Waals surface area (Å²) in [5, 5.41) is 0. The predicted octanol–water partition coefficient (Wildman–Crippen LogP) is 3.97. The molecule has 0 radical (unpaired) electrons. The van der Waals surface area contributed by atoms with Gasteiger partial charge in [-0.3, -0.25) is 4.79 Å². The van der Waals surface area contributed by atoms with E-state index in [2.05, 4.69) is 0 Å². The lowest BCUT2D eigenvalue weighted by atomic mass is 9.95. The lowest BCUT2D eigenvalue weighted by Crippen LogP contribution is -2.31. The fourth-order valence-electron chi connectivity index (χ4n) is 1.98. The number of benzene rings is 2. The molecular weight excluding hydrogens is 276 g/mol. The third-order valence-corrected chi connectivity index (χ3v) is 3.34. The van der Waals surface area contributed by atoms with Crippen molar-refractivity contribution in [3.05, 3.63) is 71.8 Å². The normalized spacial score (nSPS) is 11.2. The van der Waals surface area contributed by atoms with Crippen LogP contribution >= 0.6 is 0 Å². The van der Waals surface area contributed by atoms with Gasteiger partial charge in [0.25, 0.3) is 0 Å². The molecular formula is C19H22O3. The maximum Gasteiger partial charge on any atom is 0.314 e. The average molecular weight is 298 g/mol. The lowest BCUT2D eigenvalue weighted by Gasteiger charge is -2.22.